The summed E-state index contributed by atoms with van der Waals surface area (Å²) < 4.78 is 3.76. The number of allylic oxidation sites excluding steroid dienone is 1. The first-order valence-corrected chi connectivity index (χ1v) is 7.20. The lowest BCUT2D eigenvalue weighted by molar-refractivity contribution is 0.0696. The van der Waals surface area contributed by atoms with E-state index in [0.717, 1.165) is 11.4 Å². The van der Waals surface area contributed by atoms with E-state index in [1.165, 1.54) is 12.3 Å². The summed E-state index contributed by atoms with van der Waals surface area (Å²) in [6, 6.07) is 5.00. The zero-order chi connectivity index (χ0) is 17.0. The zero-order valence-electron chi connectivity index (χ0n) is 13.3. The number of hydrogen-bond donors (Lipinski definition) is 1. The quantitative estimate of drug-likeness (QED) is 0.833. The van der Waals surface area contributed by atoms with E-state index in [9.17, 15) is 4.79 Å². The number of nitrogens with zero attached hydrogens (tertiary/aromatic N) is 4. The SMILES string of the molecule is C=CN=c1cc(C(=O)O)ccn1CC(C=C)n1nc(C)cc1C. The highest BCUT2D eigenvalue weighted by Crippen LogP contribution is 2.14. The summed E-state index contributed by atoms with van der Waals surface area (Å²) in [5.74, 6) is -0.989. The maximum atomic E-state index is 11.1. The van der Waals surface area contributed by atoms with Gasteiger partial charge in [-0.2, -0.15) is 5.10 Å². The van der Waals surface area contributed by atoms with E-state index in [0.29, 0.717) is 12.0 Å². The van der Waals surface area contributed by atoms with Gasteiger partial charge in [0.05, 0.1) is 23.8 Å². The molecule has 2 aromatic rings. The van der Waals surface area contributed by atoms with Gasteiger partial charge in [-0.15, -0.1) is 6.58 Å². The molecule has 23 heavy (non-hydrogen) atoms. The summed E-state index contributed by atoms with van der Waals surface area (Å²) in [6.45, 7) is 11.9. The van der Waals surface area contributed by atoms with E-state index >= 15 is 0 Å². The Morgan fingerprint density at radius 1 is 1.43 bits per heavy atom. The van der Waals surface area contributed by atoms with E-state index < -0.39 is 5.97 Å². The number of carboxylic acids is 1. The molecule has 0 spiro atoms. The Balaban J connectivity index is 2.43. The molecule has 0 saturated carbocycles. The Morgan fingerprint density at radius 2 is 2.17 bits per heavy atom. The molecule has 1 N–H and O–H groups in total. The van der Waals surface area contributed by atoms with Crippen molar-refractivity contribution < 1.29 is 9.90 Å². The summed E-state index contributed by atoms with van der Waals surface area (Å²) in [5.41, 5.74) is 2.69. The minimum absolute atomic E-state index is 0.0665. The van der Waals surface area contributed by atoms with E-state index in [2.05, 4.69) is 23.2 Å². The largest absolute Gasteiger partial charge is 0.478 e. The third kappa shape index (κ3) is 3.66. The average molecular weight is 312 g/mol. The number of carboxylic acid groups (broad SMARTS) is 1. The molecule has 0 aliphatic rings. The lowest BCUT2D eigenvalue weighted by Gasteiger charge is -2.18. The predicted octanol–water partition coefficient (Wildman–Crippen LogP) is 2.47. The van der Waals surface area contributed by atoms with Crippen LogP contribution in [0, 0.1) is 13.8 Å². The molecule has 0 radical (unpaired) electrons. The monoisotopic (exact) mass is 312 g/mol. The first kappa shape index (κ1) is 16.5. The van der Waals surface area contributed by atoms with E-state index in [1.807, 2.05) is 35.2 Å². The lowest BCUT2D eigenvalue weighted by Crippen LogP contribution is -2.26. The summed E-state index contributed by atoms with van der Waals surface area (Å²) >= 11 is 0. The van der Waals surface area contributed by atoms with Crippen molar-refractivity contribution in [1.82, 2.24) is 14.3 Å². The minimum Gasteiger partial charge on any atom is -0.478 e. The van der Waals surface area contributed by atoms with Crippen molar-refractivity contribution in [2.45, 2.75) is 26.4 Å². The van der Waals surface area contributed by atoms with Gasteiger partial charge in [0.25, 0.3) is 0 Å². The third-order valence-electron chi connectivity index (χ3n) is 3.50. The molecule has 120 valence electrons. The van der Waals surface area contributed by atoms with Crippen molar-refractivity contribution in [3.05, 3.63) is 72.3 Å². The normalized spacial score (nSPS) is 12.9. The minimum atomic E-state index is -0.989. The number of pyridine rings is 1. The van der Waals surface area contributed by atoms with Gasteiger partial charge in [0.2, 0.25) is 0 Å². The van der Waals surface area contributed by atoms with Crippen LogP contribution < -0.4 is 5.49 Å². The van der Waals surface area contributed by atoms with E-state index in [1.54, 1.807) is 12.3 Å². The van der Waals surface area contributed by atoms with Crippen LogP contribution in [0.25, 0.3) is 0 Å². The molecule has 2 heterocycles. The second-order valence-corrected chi connectivity index (χ2v) is 5.22. The number of rotatable bonds is 6. The van der Waals surface area contributed by atoms with Gasteiger partial charge in [-0.05, 0) is 32.0 Å². The lowest BCUT2D eigenvalue weighted by atomic mass is 10.2. The van der Waals surface area contributed by atoms with Gasteiger partial charge in [-0.3, -0.25) is 4.68 Å². The molecule has 6 nitrogen and oxygen atoms in total. The van der Waals surface area contributed by atoms with Gasteiger partial charge in [-0.1, -0.05) is 12.7 Å². The van der Waals surface area contributed by atoms with Crippen molar-refractivity contribution in [2.75, 3.05) is 0 Å². The zero-order valence-corrected chi connectivity index (χ0v) is 13.3. The van der Waals surface area contributed by atoms with Crippen LogP contribution in [0.5, 0.6) is 0 Å². The van der Waals surface area contributed by atoms with Gasteiger partial charge in [0, 0.05) is 18.1 Å². The van der Waals surface area contributed by atoms with Gasteiger partial charge < -0.3 is 9.67 Å². The molecule has 0 aliphatic heterocycles. The summed E-state index contributed by atoms with van der Waals surface area (Å²) in [6.07, 6.45) is 4.91. The van der Waals surface area contributed by atoms with E-state index in [-0.39, 0.29) is 11.6 Å². The van der Waals surface area contributed by atoms with Gasteiger partial charge in [-0.25, -0.2) is 9.79 Å². The summed E-state index contributed by atoms with van der Waals surface area (Å²) in [4.78, 5) is 15.3. The first-order chi connectivity index (χ1) is 11.0. The van der Waals surface area contributed by atoms with Crippen molar-refractivity contribution in [2.24, 2.45) is 4.99 Å². The molecular weight excluding hydrogens is 292 g/mol. The predicted molar refractivity (Wildman–Crippen MR) is 88.1 cm³/mol. The fraction of sp³-hybridized carbons (Fsp3) is 0.235. The molecule has 6 heteroatoms. The number of carbonyl (C=O) groups is 1. The fourth-order valence-corrected chi connectivity index (χ4v) is 2.44. The van der Waals surface area contributed by atoms with Crippen LogP contribution in [-0.2, 0) is 6.54 Å². The molecule has 0 fully saturated rings. The molecule has 0 saturated heterocycles. The maximum Gasteiger partial charge on any atom is 0.335 e. The van der Waals surface area contributed by atoms with Crippen LogP contribution in [0.15, 0.2) is 54.8 Å². The van der Waals surface area contributed by atoms with Crippen LogP contribution in [0.1, 0.15) is 27.8 Å². The molecule has 1 unspecified atom stereocenters. The Morgan fingerprint density at radius 3 is 2.70 bits per heavy atom. The summed E-state index contributed by atoms with van der Waals surface area (Å²) in [5, 5.41) is 13.6. The first-order valence-electron chi connectivity index (χ1n) is 7.20. The van der Waals surface area contributed by atoms with Crippen LogP contribution in [-0.4, -0.2) is 25.4 Å². The highest BCUT2D eigenvalue weighted by molar-refractivity contribution is 5.87. The van der Waals surface area contributed by atoms with Gasteiger partial charge in [0.1, 0.15) is 5.49 Å². The molecule has 2 aromatic heterocycles. The van der Waals surface area contributed by atoms with Gasteiger partial charge in [0.15, 0.2) is 0 Å². The molecule has 0 bridgehead atoms. The second-order valence-electron chi connectivity index (χ2n) is 5.22. The Hall–Kier alpha value is -2.89. The molecule has 0 aromatic carbocycles. The number of aromatic nitrogens is 3. The molecule has 0 amide bonds. The molecule has 1 atom stereocenters. The standard InChI is InChI=1S/C17H20N4O2/c1-5-15(21-13(4)9-12(3)19-21)11-20-8-7-14(17(22)23)10-16(20)18-6-2/h5-10,15H,1-2,11H2,3-4H3,(H,22,23). The van der Waals surface area contributed by atoms with Crippen molar-refractivity contribution in [3.63, 3.8) is 0 Å². The van der Waals surface area contributed by atoms with Crippen LogP contribution in [0.2, 0.25) is 0 Å². The van der Waals surface area contributed by atoms with Crippen LogP contribution >= 0.6 is 0 Å². The van der Waals surface area contributed by atoms with Crippen LogP contribution in [0.3, 0.4) is 0 Å². The maximum absolute atomic E-state index is 11.1. The van der Waals surface area contributed by atoms with Gasteiger partial charge >= 0.3 is 5.97 Å². The molecule has 2 rings (SSSR count). The van der Waals surface area contributed by atoms with Crippen molar-refractivity contribution in [1.29, 1.82) is 0 Å². The Bertz CT molecular complexity index is 814. The molecule has 0 aliphatic carbocycles. The number of aromatic carboxylic acids is 1. The Labute approximate surface area is 134 Å². The Kier molecular flexibility index (Phi) is 4.95. The summed E-state index contributed by atoms with van der Waals surface area (Å²) in [7, 11) is 0. The highest BCUT2D eigenvalue weighted by Gasteiger charge is 2.13. The molecular formula is C17H20N4O2. The third-order valence-corrected chi connectivity index (χ3v) is 3.50. The van der Waals surface area contributed by atoms with E-state index in [4.69, 9.17) is 5.11 Å². The van der Waals surface area contributed by atoms with Crippen LogP contribution in [0.4, 0.5) is 0 Å². The highest BCUT2D eigenvalue weighted by atomic mass is 16.4. The van der Waals surface area contributed by atoms with Crippen molar-refractivity contribution >= 4 is 5.97 Å². The number of hydrogen-bond acceptors (Lipinski definition) is 3. The fourth-order valence-electron chi connectivity index (χ4n) is 2.44. The second kappa shape index (κ2) is 6.91. The average Bonchev–Trinajstić information content (AvgIpc) is 2.84. The number of aryl methyl sites for hydroxylation is 2. The topological polar surface area (TPSA) is 72.4 Å². The van der Waals surface area contributed by atoms with Crippen molar-refractivity contribution in [3.8, 4) is 0 Å². The smallest absolute Gasteiger partial charge is 0.335 e.